The molecule has 4 heteroatoms. The predicted octanol–water partition coefficient (Wildman–Crippen LogP) is 4.86. The van der Waals surface area contributed by atoms with E-state index in [0.29, 0.717) is 6.42 Å². The number of halogens is 1. The summed E-state index contributed by atoms with van der Waals surface area (Å²) in [5.41, 5.74) is 2.32. The number of esters is 1. The van der Waals surface area contributed by atoms with E-state index in [-0.39, 0.29) is 16.9 Å². The fourth-order valence-electron chi connectivity index (χ4n) is 2.01. The van der Waals surface area contributed by atoms with Gasteiger partial charge in [-0.15, -0.1) is 0 Å². The van der Waals surface area contributed by atoms with Gasteiger partial charge in [0.15, 0.2) is 4.90 Å². The molecular formula is C19H20ClO2S+. The average Bonchev–Trinajstić information content (AvgIpc) is 2.57. The minimum absolute atomic E-state index is 0.139. The number of carbonyl (C=O) groups is 1. The molecule has 0 aliphatic rings. The van der Waals surface area contributed by atoms with E-state index in [1.54, 1.807) is 0 Å². The van der Waals surface area contributed by atoms with Crippen molar-refractivity contribution in [1.82, 2.24) is 0 Å². The molecule has 0 aromatic heterocycles. The molecule has 0 heterocycles. The summed E-state index contributed by atoms with van der Waals surface area (Å²) in [6.07, 6.45) is 2.50. The molecule has 0 fully saturated rings. The van der Waals surface area contributed by atoms with Gasteiger partial charge >= 0.3 is 5.97 Å². The van der Waals surface area contributed by atoms with Crippen LogP contribution in [-0.2, 0) is 20.4 Å². The maximum atomic E-state index is 11.5. The van der Waals surface area contributed by atoms with Crippen molar-refractivity contribution in [1.29, 1.82) is 0 Å². The van der Waals surface area contributed by atoms with Gasteiger partial charge in [0.1, 0.15) is 11.2 Å². The van der Waals surface area contributed by atoms with Crippen LogP contribution in [0.4, 0.5) is 0 Å². The minimum atomic E-state index is -0.172. The lowest BCUT2D eigenvalue weighted by Gasteiger charge is -2.04. The molecule has 2 nitrogen and oxygen atoms in total. The highest BCUT2D eigenvalue weighted by Gasteiger charge is 2.20. The number of carbonyl (C=O) groups excluding carboxylic acids is 1. The first-order chi connectivity index (χ1) is 11.1. The predicted molar refractivity (Wildman–Crippen MR) is 98.8 cm³/mol. The van der Waals surface area contributed by atoms with Crippen LogP contribution in [0.25, 0.3) is 6.08 Å². The first kappa shape index (κ1) is 17.6. The van der Waals surface area contributed by atoms with Gasteiger partial charge in [-0.2, -0.15) is 0 Å². The number of hydrogen-bond acceptors (Lipinski definition) is 2. The molecule has 2 aromatic carbocycles. The Morgan fingerprint density at radius 2 is 1.78 bits per heavy atom. The summed E-state index contributed by atoms with van der Waals surface area (Å²) >= 11 is 5.91. The molecule has 23 heavy (non-hydrogen) atoms. The molecule has 0 N–H and O–H groups in total. The van der Waals surface area contributed by atoms with Gasteiger partial charge in [0.2, 0.25) is 0 Å². The van der Waals surface area contributed by atoms with Crippen molar-refractivity contribution in [2.45, 2.75) is 18.2 Å². The number of hydrogen-bond donors (Lipinski definition) is 0. The van der Waals surface area contributed by atoms with Crippen LogP contribution in [0.5, 0.6) is 0 Å². The van der Waals surface area contributed by atoms with Crippen LogP contribution in [0.1, 0.15) is 17.5 Å². The molecule has 0 aliphatic heterocycles. The van der Waals surface area contributed by atoms with E-state index in [4.69, 9.17) is 16.3 Å². The average molecular weight is 348 g/mol. The van der Waals surface area contributed by atoms with Crippen LogP contribution in [-0.4, -0.2) is 18.8 Å². The van der Waals surface area contributed by atoms with Crippen LogP contribution < -0.4 is 0 Å². The SMILES string of the molecule is COC(=O)CC[S+](/C=C/c1ccc(Cl)cc1)c1ccc(C)cc1. The molecule has 120 valence electrons. The molecule has 1 unspecified atom stereocenters. The van der Waals surface area contributed by atoms with Crippen molar-refractivity contribution in [3.8, 4) is 0 Å². The normalized spacial score (nSPS) is 12.3. The van der Waals surface area contributed by atoms with E-state index in [9.17, 15) is 4.79 Å². The minimum Gasteiger partial charge on any atom is -0.469 e. The van der Waals surface area contributed by atoms with Crippen LogP contribution in [0, 0.1) is 6.92 Å². The number of rotatable bonds is 6. The third-order valence-electron chi connectivity index (χ3n) is 3.37. The second-order valence-electron chi connectivity index (χ2n) is 5.13. The maximum absolute atomic E-state index is 11.5. The molecule has 2 aromatic rings. The largest absolute Gasteiger partial charge is 0.469 e. The van der Waals surface area contributed by atoms with E-state index < -0.39 is 0 Å². The van der Waals surface area contributed by atoms with E-state index >= 15 is 0 Å². The third kappa shape index (κ3) is 5.77. The fourth-order valence-corrected chi connectivity index (χ4v) is 3.86. The highest BCUT2D eigenvalue weighted by atomic mass is 35.5. The molecule has 0 saturated heterocycles. The Morgan fingerprint density at radius 1 is 1.13 bits per heavy atom. The topological polar surface area (TPSA) is 26.3 Å². The Labute approximate surface area is 145 Å². The molecule has 0 spiro atoms. The lowest BCUT2D eigenvalue weighted by molar-refractivity contribution is -0.140. The molecule has 0 bridgehead atoms. The van der Waals surface area contributed by atoms with Crippen molar-refractivity contribution in [3.63, 3.8) is 0 Å². The van der Waals surface area contributed by atoms with Crippen LogP contribution in [0.15, 0.2) is 58.8 Å². The zero-order valence-corrected chi connectivity index (χ0v) is 14.9. The third-order valence-corrected chi connectivity index (χ3v) is 5.61. The molecule has 0 radical (unpaired) electrons. The van der Waals surface area contributed by atoms with Crippen LogP contribution in [0.2, 0.25) is 5.02 Å². The van der Waals surface area contributed by atoms with Gasteiger partial charge in [-0.3, -0.25) is 4.79 Å². The van der Waals surface area contributed by atoms with Crippen molar-refractivity contribution in [2.24, 2.45) is 0 Å². The summed E-state index contributed by atoms with van der Waals surface area (Å²) in [7, 11) is 1.29. The second-order valence-corrected chi connectivity index (χ2v) is 7.57. The van der Waals surface area contributed by atoms with Crippen molar-refractivity contribution < 1.29 is 9.53 Å². The number of aryl methyl sites for hydroxylation is 1. The van der Waals surface area contributed by atoms with Gasteiger partial charge < -0.3 is 4.74 Å². The summed E-state index contributed by atoms with van der Waals surface area (Å²) in [6.45, 7) is 2.07. The molecule has 1 atom stereocenters. The van der Waals surface area contributed by atoms with Crippen molar-refractivity contribution in [2.75, 3.05) is 12.9 Å². The summed E-state index contributed by atoms with van der Waals surface area (Å²) < 4.78 is 4.76. The standard InChI is InChI=1S/C19H20ClO2S/c1-15-3-9-18(10-4-15)23(14-12-19(21)22-2)13-11-16-5-7-17(20)8-6-16/h3-11,13H,12,14H2,1-2H3/q+1/b13-11+. The Bertz CT molecular complexity index is 663. The summed E-state index contributed by atoms with van der Waals surface area (Å²) in [5.74, 6) is 0.578. The molecule has 0 saturated carbocycles. The van der Waals surface area contributed by atoms with Crippen molar-refractivity contribution in [3.05, 3.63) is 70.1 Å². The smallest absolute Gasteiger partial charge is 0.310 e. The fraction of sp³-hybridized carbons (Fsp3) is 0.211. The zero-order valence-electron chi connectivity index (χ0n) is 13.3. The van der Waals surface area contributed by atoms with Gasteiger partial charge in [-0.1, -0.05) is 41.4 Å². The maximum Gasteiger partial charge on any atom is 0.310 e. The molecule has 0 aliphatic carbocycles. The van der Waals surface area contributed by atoms with Crippen LogP contribution >= 0.6 is 11.6 Å². The highest BCUT2D eigenvalue weighted by molar-refractivity contribution is 7.99. The highest BCUT2D eigenvalue weighted by Crippen LogP contribution is 2.20. The van der Waals surface area contributed by atoms with E-state index in [2.05, 4.69) is 42.7 Å². The van der Waals surface area contributed by atoms with Gasteiger partial charge in [0.25, 0.3) is 0 Å². The van der Waals surface area contributed by atoms with Gasteiger partial charge in [-0.05, 0) is 42.8 Å². The van der Waals surface area contributed by atoms with Gasteiger partial charge in [0, 0.05) is 5.02 Å². The quantitative estimate of drug-likeness (QED) is 0.551. The van der Waals surface area contributed by atoms with E-state index in [1.165, 1.54) is 17.6 Å². The van der Waals surface area contributed by atoms with Crippen molar-refractivity contribution >= 4 is 34.5 Å². The number of methoxy groups -OCH3 is 1. The number of benzene rings is 2. The number of ether oxygens (including phenoxy) is 1. The van der Waals surface area contributed by atoms with E-state index in [0.717, 1.165) is 16.3 Å². The Balaban J connectivity index is 2.16. The Morgan fingerprint density at radius 3 is 2.39 bits per heavy atom. The van der Waals surface area contributed by atoms with Gasteiger partial charge in [-0.25, -0.2) is 0 Å². The Hall–Kier alpha value is -1.71. The lowest BCUT2D eigenvalue weighted by Crippen LogP contribution is -2.11. The Kier molecular flexibility index (Phi) is 6.75. The first-order valence-corrected chi connectivity index (χ1v) is 9.19. The van der Waals surface area contributed by atoms with Crippen LogP contribution in [0.3, 0.4) is 0 Å². The lowest BCUT2D eigenvalue weighted by atomic mass is 10.2. The molecule has 0 amide bonds. The molecule has 2 rings (SSSR count). The zero-order chi connectivity index (χ0) is 16.7. The monoisotopic (exact) mass is 347 g/mol. The van der Waals surface area contributed by atoms with E-state index in [1.807, 2.05) is 24.3 Å². The summed E-state index contributed by atoms with van der Waals surface area (Å²) in [6, 6.07) is 16.2. The first-order valence-electron chi connectivity index (χ1n) is 7.35. The van der Waals surface area contributed by atoms with Gasteiger partial charge in [0.05, 0.1) is 24.4 Å². The molecular weight excluding hydrogens is 328 g/mol. The summed E-state index contributed by atoms with van der Waals surface area (Å²) in [5, 5.41) is 2.89. The summed E-state index contributed by atoms with van der Waals surface area (Å²) in [4.78, 5) is 12.7. The second kappa shape index (κ2) is 8.80.